The highest BCUT2D eigenvalue weighted by Gasteiger charge is 2.20. The summed E-state index contributed by atoms with van der Waals surface area (Å²) in [7, 11) is 2.36. The van der Waals surface area contributed by atoms with Crippen molar-refractivity contribution in [3.05, 3.63) is 53.6 Å². The molecule has 0 atom stereocenters. The average Bonchev–Trinajstić information content (AvgIpc) is 2.74. The molecule has 0 aliphatic rings. The molecule has 9 heteroatoms. The molecule has 0 bridgehead atoms. The second-order valence-corrected chi connectivity index (χ2v) is 5.61. The number of hydrogen-bond acceptors (Lipinski definition) is 7. The summed E-state index contributed by atoms with van der Waals surface area (Å²) >= 11 is 0. The zero-order valence-electron chi connectivity index (χ0n) is 16.1. The van der Waals surface area contributed by atoms with Crippen LogP contribution in [-0.2, 0) is 19.1 Å². The molecule has 0 spiro atoms. The molecule has 0 aliphatic carbocycles. The van der Waals surface area contributed by atoms with Gasteiger partial charge in [0.25, 0.3) is 0 Å². The standard InChI is InChI=1S/C20H20N2O7/c1-4-29-14-8-6-13(7-9-14)21-17(23)18(24)22-16-11-12(19(25)27-2)5-10-15(16)20(26)28-3/h5-11H,4H2,1-3H3,(H,21,23)(H,22,24). The number of carbonyl (C=O) groups excluding carboxylic acids is 4. The smallest absolute Gasteiger partial charge is 0.339 e. The number of benzene rings is 2. The first-order valence-electron chi connectivity index (χ1n) is 8.55. The molecule has 0 aliphatic heterocycles. The van der Waals surface area contributed by atoms with E-state index in [2.05, 4.69) is 20.1 Å². The Hall–Kier alpha value is -3.88. The Morgan fingerprint density at radius 1 is 0.828 bits per heavy atom. The van der Waals surface area contributed by atoms with Crippen LogP contribution < -0.4 is 15.4 Å². The van der Waals surface area contributed by atoms with Crippen LogP contribution in [0.5, 0.6) is 5.75 Å². The third-order valence-electron chi connectivity index (χ3n) is 3.72. The monoisotopic (exact) mass is 400 g/mol. The van der Waals surface area contributed by atoms with Crippen molar-refractivity contribution in [3.8, 4) is 5.75 Å². The molecule has 0 heterocycles. The molecule has 2 amide bonds. The van der Waals surface area contributed by atoms with E-state index in [-0.39, 0.29) is 16.8 Å². The minimum atomic E-state index is -1.04. The van der Waals surface area contributed by atoms with Crippen LogP contribution in [0.4, 0.5) is 11.4 Å². The van der Waals surface area contributed by atoms with Crippen molar-refractivity contribution in [1.29, 1.82) is 0 Å². The van der Waals surface area contributed by atoms with Crippen LogP contribution in [0.25, 0.3) is 0 Å². The van der Waals surface area contributed by atoms with Gasteiger partial charge in [0.1, 0.15) is 5.75 Å². The van der Waals surface area contributed by atoms with Gasteiger partial charge in [0.15, 0.2) is 0 Å². The Kier molecular flexibility index (Phi) is 7.30. The van der Waals surface area contributed by atoms with Crippen LogP contribution in [0.15, 0.2) is 42.5 Å². The fraction of sp³-hybridized carbons (Fsp3) is 0.200. The normalized spacial score (nSPS) is 9.90. The van der Waals surface area contributed by atoms with Crippen molar-refractivity contribution >= 4 is 35.1 Å². The SMILES string of the molecule is CCOc1ccc(NC(=O)C(=O)Nc2cc(C(=O)OC)ccc2C(=O)OC)cc1. The van der Waals surface area contributed by atoms with Crippen molar-refractivity contribution in [2.24, 2.45) is 0 Å². The van der Waals surface area contributed by atoms with Gasteiger partial charge < -0.3 is 24.8 Å². The lowest BCUT2D eigenvalue weighted by Gasteiger charge is -2.12. The van der Waals surface area contributed by atoms with Gasteiger partial charge in [0, 0.05) is 5.69 Å². The van der Waals surface area contributed by atoms with Crippen LogP contribution in [0.3, 0.4) is 0 Å². The van der Waals surface area contributed by atoms with Crippen LogP contribution in [0, 0.1) is 0 Å². The highest BCUT2D eigenvalue weighted by atomic mass is 16.5. The van der Waals surface area contributed by atoms with E-state index in [9.17, 15) is 19.2 Å². The highest BCUT2D eigenvalue weighted by Crippen LogP contribution is 2.20. The molecule has 2 aromatic rings. The third-order valence-corrected chi connectivity index (χ3v) is 3.72. The molecule has 0 aromatic heterocycles. The molecule has 0 fully saturated rings. The van der Waals surface area contributed by atoms with Crippen LogP contribution >= 0.6 is 0 Å². The summed E-state index contributed by atoms with van der Waals surface area (Å²) in [5, 5.41) is 4.74. The first kappa shape index (κ1) is 21.4. The maximum absolute atomic E-state index is 12.3. The lowest BCUT2D eigenvalue weighted by molar-refractivity contribution is -0.133. The van der Waals surface area contributed by atoms with Gasteiger partial charge in [-0.05, 0) is 49.4 Å². The quantitative estimate of drug-likeness (QED) is 0.563. The Bertz CT molecular complexity index is 923. The lowest BCUT2D eigenvalue weighted by Crippen LogP contribution is -2.30. The van der Waals surface area contributed by atoms with E-state index in [1.54, 1.807) is 24.3 Å². The molecule has 2 aromatic carbocycles. The second kappa shape index (κ2) is 9.88. The van der Waals surface area contributed by atoms with E-state index in [0.29, 0.717) is 18.0 Å². The number of esters is 2. The van der Waals surface area contributed by atoms with Gasteiger partial charge in [0.2, 0.25) is 0 Å². The summed E-state index contributed by atoms with van der Waals surface area (Å²) in [4.78, 5) is 48.1. The van der Waals surface area contributed by atoms with Gasteiger partial charge in [-0.1, -0.05) is 0 Å². The number of nitrogens with one attached hydrogen (secondary N) is 2. The molecule has 2 N–H and O–H groups in total. The number of rotatable bonds is 6. The number of ether oxygens (including phenoxy) is 3. The van der Waals surface area contributed by atoms with Crippen molar-refractivity contribution in [3.63, 3.8) is 0 Å². The predicted molar refractivity (Wildman–Crippen MR) is 104 cm³/mol. The number of amides is 2. The molecule has 152 valence electrons. The van der Waals surface area contributed by atoms with E-state index < -0.39 is 23.8 Å². The molecule has 0 unspecified atom stereocenters. The Labute approximate surface area is 166 Å². The molecule has 9 nitrogen and oxygen atoms in total. The number of anilines is 2. The maximum Gasteiger partial charge on any atom is 0.339 e. The van der Waals surface area contributed by atoms with Gasteiger partial charge in [-0.3, -0.25) is 9.59 Å². The summed E-state index contributed by atoms with van der Waals surface area (Å²) in [6.07, 6.45) is 0. The van der Waals surface area contributed by atoms with Gasteiger partial charge in [-0.15, -0.1) is 0 Å². The van der Waals surface area contributed by atoms with E-state index in [1.165, 1.54) is 32.4 Å². The average molecular weight is 400 g/mol. The van der Waals surface area contributed by atoms with E-state index in [1.807, 2.05) is 6.92 Å². The fourth-order valence-corrected chi connectivity index (χ4v) is 2.35. The summed E-state index contributed by atoms with van der Waals surface area (Å²) in [6.45, 7) is 2.35. The van der Waals surface area contributed by atoms with E-state index in [4.69, 9.17) is 4.74 Å². The van der Waals surface area contributed by atoms with Crippen LogP contribution in [0.1, 0.15) is 27.6 Å². The summed E-state index contributed by atoms with van der Waals surface area (Å²) in [5.74, 6) is -2.80. The maximum atomic E-state index is 12.3. The number of hydrogen-bond donors (Lipinski definition) is 2. The molecule has 29 heavy (non-hydrogen) atoms. The fourth-order valence-electron chi connectivity index (χ4n) is 2.35. The largest absolute Gasteiger partial charge is 0.494 e. The minimum Gasteiger partial charge on any atom is -0.494 e. The highest BCUT2D eigenvalue weighted by molar-refractivity contribution is 6.44. The van der Waals surface area contributed by atoms with Gasteiger partial charge >= 0.3 is 23.8 Å². The predicted octanol–water partition coefficient (Wildman–Crippen LogP) is 2.24. The van der Waals surface area contributed by atoms with E-state index >= 15 is 0 Å². The van der Waals surface area contributed by atoms with Gasteiger partial charge in [-0.25, -0.2) is 9.59 Å². The molecular formula is C20H20N2O7. The van der Waals surface area contributed by atoms with Crippen molar-refractivity contribution in [2.75, 3.05) is 31.5 Å². The zero-order valence-corrected chi connectivity index (χ0v) is 16.1. The Balaban J connectivity index is 2.17. The number of methoxy groups -OCH3 is 2. The summed E-state index contributed by atoms with van der Waals surface area (Å²) in [6, 6.07) is 10.3. The first-order chi connectivity index (χ1) is 13.9. The van der Waals surface area contributed by atoms with Gasteiger partial charge in [0.05, 0.1) is 37.6 Å². The Morgan fingerprint density at radius 3 is 2.03 bits per heavy atom. The van der Waals surface area contributed by atoms with Crippen LogP contribution in [0.2, 0.25) is 0 Å². The lowest BCUT2D eigenvalue weighted by atomic mass is 10.1. The number of carbonyl (C=O) groups is 4. The molecule has 0 saturated carbocycles. The molecular weight excluding hydrogens is 380 g/mol. The van der Waals surface area contributed by atoms with Crippen molar-refractivity contribution in [1.82, 2.24) is 0 Å². The van der Waals surface area contributed by atoms with E-state index in [0.717, 1.165) is 0 Å². The Morgan fingerprint density at radius 2 is 1.45 bits per heavy atom. The first-order valence-corrected chi connectivity index (χ1v) is 8.55. The van der Waals surface area contributed by atoms with Crippen molar-refractivity contribution in [2.45, 2.75) is 6.92 Å². The van der Waals surface area contributed by atoms with Crippen LogP contribution in [-0.4, -0.2) is 44.6 Å². The van der Waals surface area contributed by atoms with Gasteiger partial charge in [-0.2, -0.15) is 0 Å². The molecule has 0 saturated heterocycles. The summed E-state index contributed by atoms with van der Waals surface area (Å²) < 4.78 is 14.6. The topological polar surface area (TPSA) is 120 Å². The summed E-state index contributed by atoms with van der Waals surface area (Å²) in [5.41, 5.74) is 0.376. The molecule has 0 radical (unpaired) electrons. The van der Waals surface area contributed by atoms with Crippen molar-refractivity contribution < 1.29 is 33.4 Å². The third kappa shape index (κ3) is 5.55. The zero-order chi connectivity index (χ0) is 21.4. The minimum absolute atomic E-state index is 0.0256. The second-order valence-electron chi connectivity index (χ2n) is 5.61. The molecule has 2 rings (SSSR count).